The van der Waals surface area contributed by atoms with Crippen molar-refractivity contribution in [3.63, 3.8) is 0 Å². The first kappa shape index (κ1) is 11.5. The second-order valence-electron chi connectivity index (χ2n) is 4.08. The van der Waals surface area contributed by atoms with E-state index in [1.54, 1.807) is 7.05 Å². The van der Waals surface area contributed by atoms with Gasteiger partial charge in [-0.2, -0.15) is 0 Å². The number of likely N-dealkylation sites (tertiary alicyclic amines) is 1. The molecule has 0 aromatic rings. The highest BCUT2D eigenvalue weighted by atomic mass is 16.1. The minimum atomic E-state index is 0.103. The summed E-state index contributed by atoms with van der Waals surface area (Å²) in [6.07, 6.45) is 2.41. The van der Waals surface area contributed by atoms with E-state index >= 15 is 0 Å². The Morgan fingerprint density at radius 3 is 2.64 bits per heavy atom. The molecule has 0 atom stereocenters. The molecule has 2 N–H and O–H groups in total. The zero-order valence-corrected chi connectivity index (χ0v) is 9.18. The van der Waals surface area contributed by atoms with Crippen molar-refractivity contribution >= 4 is 5.91 Å². The second-order valence-corrected chi connectivity index (χ2v) is 4.08. The van der Waals surface area contributed by atoms with Crippen LogP contribution in [-0.2, 0) is 4.79 Å². The van der Waals surface area contributed by atoms with E-state index in [1.165, 1.54) is 12.8 Å². The summed E-state index contributed by atoms with van der Waals surface area (Å²) < 4.78 is 0. The topological polar surface area (TPSA) is 44.4 Å². The predicted molar refractivity (Wildman–Crippen MR) is 57.2 cm³/mol. The number of hydrogen-bond acceptors (Lipinski definition) is 3. The van der Waals surface area contributed by atoms with Crippen LogP contribution in [-0.4, -0.2) is 51.1 Å². The number of piperidine rings is 1. The van der Waals surface area contributed by atoms with Crippen molar-refractivity contribution in [3.8, 4) is 0 Å². The summed E-state index contributed by atoms with van der Waals surface area (Å²) >= 11 is 0. The number of carbonyl (C=O) groups is 1. The van der Waals surface area contributed by atoms with Crippen molar-refractivity contribution in [3.05, 3.63) is 0 Å². The molecule has 1 heterocycles. The van der Waals surface area contributed by atoms with Gasteiger partial charge in [0.25, 0.3) is 0 Å². The summed E-state index contributed by atoms with van der Waals surface area (Å²) in [7, 11) is 3.94. The van der Waals surface area contributed by atoms with Crippen LogP contribution in [0.4, 0.5) is 0 Å². The van der Waals surface area contributed by atoms with Crippen molar-refractivity contribution in [2.24, 2.45) is 5.92 Å². The van der Waals surface area contributed by atoms with Crippen molar-refractivity contribution in [2.75, 3.05) is 40.3 Å². The first-order valence-electron chi connectivity index (χ1n) is 5.32. The lowest BCUT2D eigenvalue weighted by atomic mass is 9.97. The normalized spacial score (nSPS) is 19.6. The summed E-state index contributed by atoms with van der Waals surface area (Å²) in [6.45, 7) is 3.58. The average Bonchev–Trinajstić information content (AvgIpc) is 2.17. The van der Waals surface area contributed by atoms with Crippen LogP contribution in [0.15, 0.2) is 0 Å². The van der Waals surface area contributed by atoms with Gasteiger partial charge in [0, 0.05) is 6.54 Å². The summed E-state index contributed by atoms with van der Waals surface area (Å²) in [6, 6.07) is 0. The molecular weight excluding hydrogens is 178 g/mol. The Kier molecular flexibility index (Phi) is 4.90. The van der Waals surface area contributed by atoms with Gasteiger partial charge < -0.3 is 15.5 Å². The van der Waals surface area contributed by atoms with Gasteiger partial charge in [-0.15, -0.1) is 0 Å². The number of amides is 1. The van der Waals surface area contributed by atoms with E-state index in [-0.39, 0.29) is 5.91 Å². The highest BCUT2D eigenvalue weighted by Crippen LogP contribution is 2.14. The maximum atomic E-state index is 11.2. The van der Waals surface area contributed by atoms with Gasteiger partial charge in [-0.05, 0) is 45.9 Å². The van der Waals surface area contributed by atoms with Crippen LogP contribution in [0.1, 0.15) is 12.8 Å². The number of likely N-dealkylation sites (N-methyl/N-ethyl adjacent to an activating group) is 1. The van der Waals surface area contributed by atoms with Gasteiger partial charge in [0.2, 0.25) is 5.91 Å². The van der Waals surface area contributed by atoms with Crippen LogP contribution in [0.2, 0.25) is 0 Å². The Balaban J connectivity index is 2.09. The van der Waals surface area contributed by atoms with E-state index in [4.69, 9.17) is 0 Å². The fourth-order valence-electron chi connectivity index (χ4n) is 1.75. The molecule has 14 heavy (non-hydrogen) atoms. The van der Waals surface area contributed by atoms with Crippen LogP contribution in [0.5, 0.6) is 0 Å². The van der Waals surface area contributed by atoms with Gasteiger partial charge in [-0.1, -0.05) is 0 Å². The van der Waals surface area contributed by atoms with Gasteiger partial charge in [-0.25, -0.2) is 0 Å². The minimum Gasteiger partial charge on any atom is -0.355 e. The molecule has 0 bridgehead atoms. The zero-order valence-electron chi connectivity index (χ0n) is 9.18. The molecule has 1 amide bonds. The number of rotatable bonds is 4. The smallest absolute Gasteiger partial charge is 0.233 e. The Labute approximate surface area is 86.0 Å². The van der Waals surface area contributed by atoms with Gasteiger partial charge in [-0.3, -0.25) is 4.79 Å². The number of nitrogens with one attached hydrogen (secondary N) is 2. The third-order valence-corrected chi connectivity index (χ3v) is 2.76. The Morgan fingerprint density at radius 2 is 2.07 bits per heavy atom. The molecule has 0 spiro atoms. The van der Waals surface area contributed by atoms with Crippen molar-refractivity contribution < 1.29 is 4.79 Å². The van der Waals surface area contributed by atoms with Crippen molar-refractivity contribution in [1.29, 1.82) is 0 Å². The average molecular weight is 199 g/mol. The zero-order chi connectivity index (χ0) is 10.4. The van der Waals surface area contributed by atoms with Crippen LogP contribution >= 0.6 is 0 Å². The fourth-order valence-corrected chi connectivity index (χ4v) is 1.75. The molecule has 1 aliphatic rings. The van der Waals surface area contributed by atoms with E-state index in [0.29, 0.717) is 12.5 Å². The molecule has 0 radical (unpaired) electrons. The summed E-state index contributed by atoms with van der Waals surface area (Å²) in [5.41, 5.74) is 0. The van der Waals surface area contributed by atoms with Crippen molar-refractivity contribution in [2.45, 2.75) is 12.8 Å². The van der Waals surface area contributed by atoms with E-state index in [9.17, 15) is 4.79 Å². The molecule has 1 aliphatic heterocycles. The van der Waals surface area contributed by atoms with Gasteiger partial charge in [0.15, 0.2) is 0 Å². The predicted octanol–water partition coefficient (Wildman–Crippen LogP) is -0.336. The lowest BCUT2D eigenvalue weighted by Gasteiger charge is -2.28. The maximum absolute atomic E-state index is 11.2. The second kappa shape index (κ2) is 5.98. The number of hydrogen-bond donors (Lipinski definition) is 2. The Bertz CT molecular complexity index is 176. The minimum absolute atomic E-state index is 0.103. The molecule has 4 heteroatoms. The van der Waals surface area contributed by atoms with Gasteiger partial charge >= 0.3 is 0 Å². The Hall–Kier alpha value is -0.610. The quantitative estimate of drug-likeness (QED) is 0.651. The van der Waals surface area contributed by atoms with E-state index in [0.717, 1.165) is 19.6 Å². The highest BCUT2D eigenvalue weighted by Gasteiger charge is 2.16. The molecule has 0 saturated carbocycles. The monoisotopic (exact) mass is 199 g/mol. The van der Waals surface area contributed by atoms with Gasteiger partial charge in [0.05, 0.1) is 6.54 Å². The molecule has 1 rings (SSSR count). The van der Waals surface area contributed by atoms with E-state index in [2.05, 4.69) is 22.6 Å². The lowest BCUT2D eigenvalue weighted by molar-refractivity contribution is -0.120. The highest BCUT2D eigenvalue weighted by molar-refractivity contribution is 5.77. The van der Waals surface area contributed by atoms with Crippen LogP contribution in [0.25, 0.3) is 0 Å². The Morgan fingerprint density at radius 1 is 1.43 bits per heavy atom. The van der Waals surface area contributed by atoms with Gasteiger partial charge in [0.1, 0.15) is 0 Å². The largest absolute Gasteiger partial charge is 0.355 e. The molecule has 1 fully saturated rings. The SMILES string of the molecule is CNCC(=O)NCC1CCN(C)CC1. The third-order valence-electron chi connectivity index (χ3n) is 2.76. The molecule has 4 nitrogen and oxygen atoms in total. The first-order chi connectivity index (χ1) is 6.72. The van der Waals surface area contributed by atoms with Crippen LogP contribution in [0, 0.1) is 5.92 Å². The fraction of sp³-hybridized carbons (Fsp3) is 0.900. The molecule has 0 aromatic carbocycles. The molecule has 1 saturated heterocycles. The number of carbonyl (C=O) groups excluding carboxylic acids is 1. The molecule has 0 unspecified atom stereocenters. The summed E-state index contributed by atoms with van der Waals surface area (Å²) in [5.74, 6) is 0.776. The van der Waals surface area contributed by atoms with Crippen molar-refractivity contribution in [1.82, 2.24) is 15.5 Å². The molecule has 82 valence electrons. The van der Waals surface area contributed by atoms with E-state index < -0.39 is 0 Å². The maximum Gasteiger partial charge on any atom is 0.233 e. The molecular formula is C10H21N3O. The van der Waals surface area contributed by atoms with Crippen LogP contribution < -0.4 is 10.6 Å². The van der Waals surface area contributed by atoms with Crippen LogP contribution in [0.3, 0.4) is 0 Å². The van der Waals surface area contributed by atoms with E-state index in [1.807, 2.05) is 0 Å². The number of nitrogens with zero attached hydrogens (tertiary/aromatic N) is 1. The molecule has 0 aliphatic carbocycles. The third kappa shape index (κ3) is 4.07. The summed E-state index contributed by atoms with van der Waals surface area (Å²) in [5, 5.41) is 5.79. The lowest BCUT2D eigenvalue weighted by Crippen LogP contribution is -2.39. The summed E-state index contributed by atoms with van der Waals surface area (Å²) in [4.78, 5) is 13.5. The standard InChI is InChI=1S/C10H21N3O/c1-11-8-10(14)12-7-9-3-5-13(2)6-4-9/h9,11H,3-8H2,1-2H3,(H,12,14). The first-order valence-corrected chi connectivity index (χ1v) is 5.32. The molecule has 0 aromatic heterocycles.